The number of benzene rings is 3. The van der Waals surface area contributed by atoms with Crippen LogP contribution in [0.5, 0.6) is 17.2 Å². The zero-order chi connectivity index (χ0) is 33.1. The molecule has 0 atom stereocenters. The first kappa shape index (κ1) is 35.8. The summed E-state index contributed by atoms with van der Waals surface area (Å²) in [6.07, 6.45) is 10.4. The van der Waals surface area contributed by atoms with Crippen LogP contribution in [-0.4, -0.2) is 36.7 Å². The van der Waals surface area contributed by atoms with Crippen molar-refractivity contribution in [2.45, 2.75) is 78.1 Å². The van der Waals surface area contributed by atoms with Crippen LogP contribution in [0, 0.1) is 10.1 Å². The quantitative estimate of drug-likeness (QED) is 0.0285. The van der Waals surface area contributed by atoms with Gasteiger partial charge in [-0.2, -0.15) is 0 Å². The molecule has 0 aliphatic heterocycles. The molecule has 9 nitrogen and oxygen atoms in total. The van der Waals surface area contributed by atoms with Gasteiger partial charge < -0.3 is 18.9 Å². The molecular weight excluding hydrogens is 586 g/mol. The molecule has 0 heterocycles. The first-order chi connectivity index (χ1) is 22.3. The minimum absolute atomic E-state index is 0.124. The van der Waals surface area contributed by atoms with Crippen molar-refractivity contribution >= 4 is 17.6 Å². The number of hydrogen-bond donors (Lipinski definition) is 0. The third-order valence-electron chi connectivity index (χ3n) is 7.29. The summed E-state index contributed by atoms with van der Waals surface area (Å²) in [7, 11) is 0. The van der Waals surface area contributed by atoms with Crippen LogP contribution in [0.3, 0.4) is 0 Å². The van der Waals surface area contributed by atoms with E-state index in [0.29, 0.717) is 36.7 Å². The lowest BCUT2D eigenvalue weighted by molar-refractivity contribution is -0.385. The molecule has 0 unspecified atom stereocenters. The molecule has 0 radical (unpaired) electrons. The Morgan fingerprint density at radius 1 is 0.717 bits per heavy atom. The zero-order valence-electron chi connectivity index (χ0n) is 27.0. The fourth-order valence-corrected chi connectivity index (χ4v) is 4.62. The molecule has 46 heavy (non-hydrogen) atoms. The Balaban J connectivity index is 1.41. The fraction of sp³-hybridized carbons (Fsp3) is 0.405. The van der Waals surface area contributed by atoms with E-state index in [0.717, 1.165) is 75.5 Å². The Labute approximate surface area is 271 Å². The molecule has 0 N–H and O–H groups in total. The van der Waals surface area contributed by atoms with Gasteiger partial charge in [0.25, 0.3) is 0 Å². The SMILES string of the molecule is C=C(C)C(=O)OCCCCCCCCCOc1ccc(C(=O)Oc2ccc(-c3ccc(OCCCCC)cc3)cc2[N+](=O)[O-])cc1. The predicted octanol–water partition coefficient (Wildman–Crippen LogP) is 9.28. The smallest absolute Gasteiger partial charge is 0.343 e. The Kier molecular flexibility index (Phi) is 15.3. The highest BCUT2D eigenvalue weighted by molar-refractivity contribution is 5.92. The van der Waals surface area contributed by atoms with Crippen molar-refractivity contribution in [3.8, 4) is 28.4 Å². The second-order valence-corrected chi connectivity index (χ2v) is 11.2. The number of nitro groups is 1. The molecule has 3 aromatic carbocycles. The van der Waals surface area contributed by atoms with Gasteiger partial charge in [-0.05, 0) is 79.8 Å². The molecule has 0 aliphatic rings. The van der Waals surface area contributed by atoms with Crippen molar-refractivity contribution in [1.82, 2.24) is 0 Å². The van der Waals surface area contributed by atoms with E-state index >= 15 is 0 Å². The second-order valence-electron chi connectivity index (χ2n) is 11.2. The first-order valence-corrected chi connectivity index (χ1v) is 16.1. The molecular formula is C37H45NO8. The van der Waals surface area contributed by atoms with E-state index in [9.17, 15) is 19.7 Å². The highest BCUT2D eigenvalue weighted by atomic mass is 16.6. The number of carbonyl (C=O) groups is 2. The monoisotopic (exact) mass is 631 g/mol. The molecule has 0 aromatic heterocycles. The number of ether oxygens (including phenoxy) is 4. The normalized spacial score (nSPS) is 10.7. The third-order valence-corrected chi connectivity index (χ3v) is 7.29. The topological polar surface area (TPSA) is 114 Å². The number of nitro benzene ring substituents is 1. The largest absolute Gasteiger partial charge is 0.494 e. The van der Waals surface area contributed by atoms with E-state index in [-0.39, 0.29) is 23.0 Å². The molecule has 0 bridgehead atoms. The number of hydrogen-bond acceptors (Lipinski definition) is 8. The van der Waals surface area contributed by atoms with Crippen molar-refractivity contribution < 1.29 is 33.5 Å². The van der Waals surface area contributed by atoms with Gasteiger partial charge in [-0.3, -0.25) is 10.1 Å². The number of rotatable bonds is 21. The molecule has 3 aromatic rings. The van der Waals surface area contributed by atoms with Crippen LogP contribution in [0.1, 0.15) is 88.4 Å². The molecule has 0 spiro atoms. The molecule has 0 aliphatic carbocycles. The van der Waals surface area contributed by atoms with Crippen LogP contribution in [0.15, 0.2) is 78.9 Å². The van der Waals surface area contributed by atoms with E-state index in [2.05, 4.69) is 13.5 Å². The molecule has 0 saturated carbocycles. The molecule has 0 fully saturated rings. The van der Waals surface area contributed by atoms with Gasteiger partial charge in [-0.15, -0.1) is 0 Å². The van der Waals surface area contributed by atoms with Crippen molar-refractivity contribution in [3.05, 3.63) is 94.6 Å². The van der Waals surface area contributed by atoms with Crippen molar-refractivity contribution in [1.29, 1.82) is 0 Å². The lowest BCUT2D eigenvalue weighted by atomic mass is 10.0. The van der Waals surface area contributed by atoms with Crippen LogP contribution >= 0.6 is 0 Å². The van der Waals surface area contributed by atoms with Crippen LogP contribution in [0.4, 0.5) is 5.69 Å². The molecule has 0 saturated heterocycles. The number of unbranched alkanes of at least 4 members (excludes halogenated alkanes) is 8. The fourth-order valence-electron chi connectivity index (χ4n) is 4.62. The van der Waals surface area contributed by atoms with Crippen molar-refractivity contribution in [3.63, 3.8) is 0 Å². The van der Waals surface area contributed by atoms with E-state index < -0.39 is 10.9 Å². The van der Waals surface area contributed by atoms with Crippen LogP contribution in [-0.2, 0) is 9.53 Å². The van der Waals surface area contributed by atoms with Crippen molar-refractivity contribution in [2.75, 3.05) is 19.8 Å². The average Bonchev–Trinajstić information content (AvgIpc) is 3.06. The molecule has 246 valence electrons. The van der Waals surface area contributed by atoms with E-state index in [1.54, 1.807) is 37.3 Å². The standard InChI is InChI=1S/C37H45NO8/c1-4-5-11-24-43-32-19-14-29(15-20-32)31-18-23-35(34(27-31)38(41)42)46-37(40)30-16-21-33(22-17-30)44-25-12-9-7-6-8-10-13-26-45-36(39)28(2)3/h14-23,27H,2,4-13,24-26H2,1,3H3. The van der Waals surface area contributed by atoms with E-state index in [1.807, 2.05) is 24.3 Å². The third kappa shape index (κ3) is 12.4. The summed E-state index contributed by atoms with van der Waals surface area (Å²) < 4.78 is 22.1. The number of carbonyl (C=O) groups excluding carboxylic acids is 2. The minimum atomic E-state index is -0.694. The summed E-state index contributed by atoms with van der Waals surface area (Å²) in [5, 5.41) is 11.8. The van der Waals surface area contributed by atoms with Gasteiger partial charge in [0.05, 0.1) is 30.3 Å². The summed E-state index contributed by atoms with van der Waals surface area (Å²) in [5.41, 5.74) is 1.80. The number of nitrogens with zero attached hydrogens (tertiary/aromatic N) is 1. The minimum Gasteiger partial charge on any atom is -0.494 e. The summed E-state index contributed by atoms with van der Waals surface area (Å²) in [6.45, 7) is 9.00. The molecule has 3 rings (SSSR count). The van der Waals surface area contributed by atoms with Crippen LogP contribution in [0.25, 0.3) is 11.1 Å². The lowest BCUT2D eigenvalue weighted by Gasteiger charge is -2.10. The Hall–Kier alpha value is -4.66. The average molecular weight is 632 g/mol. The highest BCUT2D eigenvalue weighted by Crippen LogP contribution is 2.33. The van der Waals surface area contributed by atoms with Gasteiger partial charge in [-0.1, -0.05) is 76.6 Å². The predicted molar refractivity (Wildman–Crippen MR) is 179 cm³/mol. The first-order valence-electron chi connectivity index (χ1n) is 16.1. The molecule has 0 amide bonds. The Morgan fingerprint density at radius 3 is 1.80 bits per heavy atom. The van der Waals surface area contributed by atoms with Gasteiger partial charge in [0, 0.05) is 11.6 Å². The summed E-state index contributed by atoms with van der Waals surface area (Å²) in [5.74, 6) is 0.233. The van der Waals surface area contributed by atoms with Crippen molar-refractivity contribution in [2.24, 2.45) is 0 Å². The second kappa shape index (κ2) is 19.7. The maximum atomic E-state index is 12.8. The summed E-state index contributed by atoms with van der Waals surface area (Å²) >= 11 is 0. The summed E-state index contributed by atoms with van der Waals surface area (Å²) in [4.78, 5) is 35.4. The maximum Gasteiger partial charge on any atom is 0.343 e. The van der Waals surface area contributed by atoms with Gasteiger partial charge in [-0.25, -0.2) is 9.59 Å². The Bertz CT molecular complexity index is 1420. The van der Waals surface area contributed by atoms with E-state index in [4.69, 9.17) is 18.9 Å². The Morgan fingerprint density at radius 2 is 1.24 bits per heavy atom. The summed E-state index contributed by atoms with van der Waals surface area (Å²) in [6, 6.07) is 18.4. The molecule has 9 heteroatoms. The van der Waals surface area contributed by atoms with Crippen LogP contribution in [0.2, 0.25) is 0 Å². The maximum absolute atomic E-state index is 12.8. The lowest BCUT2D eigenvalue weighted by Crippen LogP contribution is -2.10. The van der Waals surface area contributed by atoms with E-state index in [1.165, 1.54) is 12.1 Å². The van der Waals surface area contributed by atoms with Gasteiger partial charge in [0.15, 0.2) is 0 Å². The van der Waals surface area contributed by atoms with Crippen LogP contribution < -0.4 is 14.2 Å². The number of esters is 2. The van der Waals surface area contributed by atoms with Gasteiger partial charge in [0.1, 0.15) is 11.5 Å². The van der Waals surface area contributed by atoms with Gasteiger partial charge >= 0.3 is 17.6 Å². The zero-order valence-corrected chi connectivity index (χ0v) is 27.0. The highest BCUT2D eigenvalue weighted by Gasteiger charge is 2.20. The van der Waals surface area contributed by atoms with Gasteiger partial charge in [0.2, 0.25) is 5.75 Å².